The van der Waals surface area contributed by atoms with E-state index in [1.807, 2.05) is 0 Å². The van der Waals surface area contributed by atoms with Gasteiger partial charge >= 0.3 is 0 Å². The van der Waals surface area contributed by atoms with Crippen LogP contribution in [-0.2, 0) is 15.8 Å². The van der Waals surface area contributed by atoms with Crippen LogP contribution in [0.5, 0.6) is 0 Å². The third kappa shape index (κ3) is 4.10. The highest BCUT2D eigenvalue weighted by Gasteiger charge is 2.15. The molecule has 2 rings (SSSR count). The lowest BCUT2D eigenvalue weighted by Crippen LogP contribution is -2.16. The number of non-ortho nitro benzene ring substituents is 1. The van der Waals surface area contributed by atoms with E-state index in [1.54, 1.807) is 0 Å². The van der Waals surface area contributed by atoms with Crippen molar-refractivity contribution in [1.82, 2.24) is 9.97 Å². The fraction of sp³-hybridized carbons (Fsp3) is 0.0909. The van der Waals surface area contributed by atoms with Gasteiger partial charge in [-0.1, -0.05) is 23.7 Å². The van der Waals surface area contributed by atoms with Gasteiger partial charge in [-0.2, -0.15) is 0 Å². The number of hydrogen-bond donors (Lipinski definition) is 1. The summed E-state index contributed by atoms with van der Waals surface area (Å²) in [5, 5.41) is 10.5. The van der Waals surface area contributed by atoms with Gasteiger partial charge in [0.2, 0.25) is 10.0 Å². The maximum absolute atomic E-state index is 12.0. The van der Waals surface area contributed by atoms with Crippen LogP contribution in [0, 0.1) is 10.1 Å². The smallest absolute Gasteiger partial charge is 0.264 e. The lowest BCUT2D eigenvalue weighted by Gasteiger charge is -2.07. The molecule has 0 saturated heterocycles. The molecule has 2 aromatic rings. The SMILES string of the molecule is O=[N+]([O-])c1ccc(CS(=O)(=O)Nc2nccnc2Cl)cc1. The molecule has 1 N–H and O–H groups in total. The number of benzene rings is 1. The number of halogens is 1. The van der Waals surface area contributed by atoms with Gasteiger partial charge < -0.3 is 0 Å². The van der Waals surface area contributed by atoms with Crippen molar-refractivity contribution in [2.75, 3.05) is 4.72 Å². The summed E-state index contributed by atoms with van der Waals surface area (Å²) in [6.07, 6.45) is 2.63. The van der Waals surface area contributed by atoms with E-state index in [-0.39, 0.29) is 22.4 Å². The average molecular weight is 329 g/mol. The van der Waals surface area contributed by atoms with Crippen LogP contribution in [0.1, 0.15) is 5.56 Å². The lowest BCUT2D eigenvalue weighted by molar-refractivity contribution is -0.384. The van der Waals surface area contributed by atoms with Gasteiger partial charge in [0.25, 0.3) is 5.69 Å². The molecule has 21 heavy (non-hydrogen) atoms. The van der Waals surface area contributed by atoms with Crippen molar-refractivity contribution in [2.24, 2.45) is 0 Å². The maximum atomic E-state index is 12.0. The summed E-state index contributed by atoms with van der Waals surface area (Å²) < 4.78 is 26.1. The highest BCUT2D eigenvalue weighted by Crippen LogP contribution is 2.18. The van der Waals surface area contributed by atoms with Crippen molar-refractivity contribution in [3.8, 4) is 0 Å². The molecule has 0 fully saturated rings. The fourth-order valence-corrected chi connectivity index (χ4v) is 2.86. The Labute approximate surface area is 125 Å². The zero-order valence-electron chi connectivity index (χ0n) is 10.4. The minimum atomic E-state index is -3.75. The minimum absolute atomic E-state index is 0.0650. The van der Waals surface area contributed by atoms with Gasteiger partial charge in [-0.3, -0.25) is 14.8 Å². The lowest BCUT2D eigenvalue weighted by atomic mass is 10.2. The van der Waals surface area contributed by atoms with Crippen molar-refractivity contribution in [3.63, 3.8) is 0 Å². The Morgan fingerprint density at radius 3 is 2.38 bits per heavy atom. The van der Waals surface area contributed by atoms with Crippen LogP contribution in [0.2, 0.25) is 5.15 Å². The van der Waals surface area contributed by atoms with Crippen LogP contribution in [-0.4, -0.2) is 23.3 Å². The van der Waals surface area contributed by atoms with Crippen molar-refractivity contribution < 1.29 is 13.3 Å². The summed E-state index contributed by atoms with van der Waals surface area (Å²) in [5.41, 5.74) is 0.286. The van der Waals surface area contributed by atoms with Gasteiger partial charge in [0.15, 0.2) is 11.0 Å². The van der Waals surface area contributed by atoms with E-state index in [9.17, 15) is 18.5 Å². The Hall–Kier alpha value is -2.26. The monoisotopic (exact) mass is 328 g/mol. The Bertz CT molecular complexity index is 764. The van der Waals surface area contributed by atoms with Crippen molar-refractivity contribution in [1.29, 1.82) is 0 Å². The molecule has 0 unspecified atom stereocenters. The Kier molecular flexibility index (Phi) is 4.34. The average Bonchev–Trinajstić information content (AvgIpc) is 2.41. The third-order valence-electron chi connectivity index (χ3n) is 2.41. The molecule has 0 bridgehead atoms. The van der Waals surface area contributed by atoms with E-state index in [1.165, 1.54) is 36.7 Å². The zero-order valence-corrected chi connectivity index (χ0v) is 12.0. The number of nitro groups is 1. The first-order valence-corrected chi connectivity index (χ1v) is 7.61. The van der Waals surface area contributed by atoms with Gasteiger partial charge in [0.05, 0.1) is 10.7 Å². The van der Waals surface area contributed by atoms with Crippen LogP contribution in [0.4, 0.5) is 11.5 Å². The molecule has 8 nitrogen and oxygen atoms in total. The Morgan fingerprint density at radius 1 is 1.19 bits per heavy atom. The molecule has 0 spiro atoms. The summed E-state index contributed by atoms with van der Waals surface area (Å²) in [6, 6.07) is 5.21. The normalized spacial score (nSPS) is 11.1. The maximum Gasteiger partial charge on any atom is 0.269 e. The number of rotatable bonds is 5. The van der Waals surface area contributed by atoms with Gasteiger partial charge in [-0.15, -0.1) is 0 Å². The molecule has 110 valence electrons. The summed E-state index contributed by atoms with van der Waals surface area (Å²) in [4.78, 5) is 17.4. The predicted octanol–water partition coefficient (Wildman–Crippen LogP) is 1.98. The van der Waals surface area contributed by atoms with Gasteiger partial charge in [0.1, 0.15) is 0 Å². The first-order valence-electron chi connectivity index (χ1n) is 5.58. The standard InChI is InChI=1S/C11H9ClN4O4S/c12-10-11(14-6-5-13-10)15-21(19,20)7-8-1-3-9(4-2-8)16(17)18/h1-6H,7H2,(H,14,15). The van der Waals surface area contributed by atoms with E-state index < -0.39 is 14.9 Å². The van der Waals surface area contributed by atoms with Crippen LogP contribution in [0.25, 0.3) is 0 Å². The number of nitrogens with one attached hydrogen (secondary N) is 1. The molecule has 0 radical (unpaired) electrons. The molecule has 0 saturated carbocycles. The number of aromatic nitrogens is 2. The quantitative estimate of drug-likeness (QED) is 0.662. The highest BCUT2D eigenvalue weighted by atomic mass is 35.5. The number of nitro benzene ring substituents is 1. The molecule has 1 heterocycles. The third-order valence-corrected chi connectivity index (χ3v) is 3.90. The largest absolute Gasteiger partial charge is 0.269 e. The molecular formula is C11H9ClN4O4S. The van der Waals surface area contributed by atoms with Crippen LogP contribution >= 0.6 is 11.6 Å². The highest BCUT2D eigenvalue weighted by molar-refractivity contribution is 7.91. The molecule has 0 aliphatic carbocycles. The van der Waals surface area contributed by atoms with E-state index in [2.05, 4.69) is 14.7 Å². The van der Waals surface area contributed by atoms with Crippen molar-refractivity contribution in [2.45, 2.75) is 5.75 Å². The summed E-state index contributed by atoms with van der Waals surface area (Å²) in [5.74, 6) is -0.432. The second kappa shape index (κ2) is 6.02. The molecular weight excluding hydrogens is 320 g/mol. The van der Waals surface area contributed by atoms with Crippen molar-refractivity contribution in [3.05, 3.63) is 57.5 Å². The number of sulfonamides is 1. The molecule has 1 aromatic heterocycles. The molecule has 0 atom stereocenters. The second-order valence-corrected chi connectivity index (χ2v) is 6.06. The first-order chi connectivity index (χ1) is 9.87. The number of hydrogen-bond acceptors (Lipinski definition) is 6. The van der Waals surface area contributed by atoms with Gasteiger partial charge in [-0.05, 0) is 5.56 Å². The fourth-order valence-electron chi connectivity index (χ4n) is 1.51. The summed E-state index contributed by atoms with van der Waals surface area (Å²) in [7, 11) is -3.75. The van der Waals surface area contributed by atoms with E-state index in [0.717, 1.165) is 0 Å². The summed E-state index contributed by atoms with van der Waals surface area (Å²) in [6.45, 7) is 0. The number of nitrogens with zero attached hydrogens (tertiary/aromatic N) is 3. The van der Waals surface area contributed by atoms with Crippen LogP contribution in [0.15, 0.2) is 36.7 Å². The molecule has 0 aliphatic heterocycles. The minimum Gasteiger partial charge on any atom is -0.264 e. The van der Waals surface area contributed by atoms with Crippen LogP contribution < -0.4 is 4.72 Å². The van der Waals surface area contributed by atoms with Gasteiger partial charge in [-0.25, -0.2) is 18.4 Å². The second-order valence-electron chi connectivity index (χ2n) is 3.98. The van der Waals surface area contributed by atoms with Gasteiger partial charge in [0, 0.05) is 24.5 Å². The van der Waals surface area contributed by atoms with Crippen molar-refractivity contribution >= 4 is 33.1 Å². The number of anilines is 1. The molecule has 0 amide bonds. The summed E-state index contributed by atoms with van der Waals surface area (Å²) >= 11 is 5.71. The first kappa shape index (κ1) is 15.1. The molecule has 10 heteroatoms. The zero-order chi connectivity index (χ0) is 15.5. The molecule has 1 aromatic carbocycles. The van der Waals surface area contributed by atoms with E-state index in [0.29, 0.717) is 5.56 Å². The Morgan fingerprint density at radius 2 is 1.81 bits per heavy atom. The topological polar surface area (TPSA) is 115 Å². The van der Waals surface area contributed by atoms with E-state index >= 15 is 0 Å². The van der Waals surface area contributed by atoms with E-state index in [4.69, 9.17) is 11.6 Å². The Balaban J connectivity index is 2.14. The molecule has 0 aliphatic rings. The predicted molar refractivity (Wildman–Crippen MR) is 76.4 cm³/mol. The van der Waals surface area contributed by atoms with Crippen LogP contribution in [0.3, 0.4) is 0 Å².